The highest BCUT2D eigenvalue weighted by atomic mass is 16.5. The van der Waals surface area contributed by atoms with Crippen molar-refractivity contribution < 1.29 is 14.3 Å². The van der Waals surface area contributed by atoms with Crippen molar-refractivity contribution in [3.63, 3.8) is 0 Å². The van der Waals surface area contributed by atoms with E-state index in [0.717, 1.165) is 5.56 Å². The highest BCUT2D eigenvalue weighted by molar-refractivity contribution is 5.90. The predicted octanol–water partition coefficient (Wildman–Crippen LogP) is 2.77. The maximum Gasteiger partial charge on any atom is 0.257 e. The molecule has 0 radical (unpaired) electrons. The molecule has 0 aromatic heterocycles. The van der Waals surface area contributed by atoms with Gasteiger partial charge in [0.25, 0.3) is 5.91 Å². The lowest BCUT2D eigenvalue weighted by Gasteiger charge is -2.08. The van der Waals surface area contributed by atoms with Crippen LogP contribution in [0, 0.1) is 0 Å². The molecule has 0 atom stereocenters. The normalized spacial score (nSPS) is 10.0. The monoisotopic (exact) mass is 326 g/mol. The second-order valence-electron chi connectivity index (χ2n) is 5.30. The molecule has 0 spiro atoms. The summed E-state index contributed by atoms with van der Waals surface area (Å²) in [5.74, 6) is 0.397. The van der Waals surface area contributed by atoms with E-state index in [1.807, 2.05) is 37.3 Å². The molecule has 5 nitrogen and oxygen atoms in total. The first-order valence-electron chi connectivity index (χ1n) is 8.00. The van der Waals surface area contributed by atoms with Gasteiger partial charge in [0.15, 0.2) is 6.61 Å². The van der Waals surface area contributed by atoms with E-state index < -0.39 is 0 Å². The molecule has 0 bridgehead atoms. The van der Waals surface area contributed by atoms with Crippen LogP contribution in [0.5, 0.6) is 5.75 Å². The van der Waals surface area contributed by atoms with Gasteiger partial charge in [-0.05, 0) is 43.2 Å². The van der Waals surface area contributed by atoms with Gasteiger partial charge in [0.2, 0.25) is 5.91 Å². The van der Waals surface area contributed by atoms with E-state index in [1.165, 1.54) is 0 Å². The molecular weight excluding hydrogens is 304 g/mol. The Balaban J connectivity index is 1.76. The van der Waals surface area contributed by atoms with Gasteiger partial charge < -0.3 is 15.4 Å². The summed E-state index contributed by atoms with van der Waals surface area (Å²) in [4.78, 5) is 23.3. The summed E-state index contributed by atoms with van der Waals surface area (Å²) in [5, 5.41) is 5.51. The average Bonchev–Trinajstić information content (AvgIpc) is 2.60. The van der Waals surface area contributed by atoms with E-state index >= 15 is 0 Å². The minimum absolute atomic E-state index is 0.0172. The molecule has 24 heavy (non-hydrogen) atoms. The molecule has 0 aliphatic heterocycles. The van der Waals surface area contributed by atoms with Crippen LogP contribution >= 0.6 is 0 Å². The summed E-state index contributed by atoms with van der Waals surface area (Å²) in [6, 6.07) is 16.9. The van der Waals surface area contributed by atoms with Gasteiger partial charge in [-0.1, -0.05) is 30.3 Å². The average molecular weight is 326 g/mol. The lowest BCUT2D eigenvalue weighted by atomic mass is 10.1. The van der Waals surface area contributed by atoms with Gasteiger partial charge in [-0.15, -0.1) is 0 Å². The number of anilines is 1. The largest absolute Gasteiger partial charge is 0.484 e. The van der Waals surface area contributed by atoms with Crippen LogP contribution in [-0.4, -0.2) is 25.0 Å². The lowest BCUT2D eigenvalue weighted by Crippen LogP contribution is -2.28. The number of carbonyl (C=O) groups is 2. The smallest absolute Gasteiger partial charge is 0.257 e. The van der Waals surface area contributed by atoms with E-state index in [1.54, 1.807) is 24.3 Å². The number of hydrogen-bond donors (Lipinski definition) is 2. The van der Waals surface area contributed by atoms with Crippen LogP contribution in [0.4, 0.5) is 5.69 Å². The molecule has 0 saturated heterocycles. The Morgan fingerprint density at radius 2 is 1.67 bits per heavy atom. The molecule has 126 valence electrons. The zero-order valence-electron chi connectivity index (χ0n) is 13.7. The molecule has 2 amide bonds. The first kappa shape index (κ1) is 17.5. The molecule has 2 rings (SSSR count). The van der Waals surface area contributed by atoms with Crippen molar-refractivity contribution in [2.75, 3.05) is 18.5 Å². The van der Waals surface area contributed by atoms with E-state index in [-0.39, 0.29) is 18.4 Å². The van der Waals surface area contributed by atoms with E-state index in [9.17, 15) is 9.59 Å². The second-order valence-corrected chi connectivity index (χ2v) is 5.30. The first-order valence-corrected chi connectivity index (χ1v) is 8.00. The summed E-state index contributed by atoms with van der Waals surface area (Å²) < 4.78 is 5.36. The van der Waals surface area contributed by atoms with Crippen LogP contribution < -0.4 is 15.4 Å². The summed E-state index contributed by atoms with van der Waals surface area (Å²) in [6.07, 6.45) is 1.14. The first-order chi connectivity index (χ1) is 11.7. The Bertz CT molecular complexity index is 654. The SMILES string of the molecule is CCNC(=O)COc1ccc(NC(=O)CCc2ccccc2)cc1. The van der Waals surface area contributed by atoms with Crippen molar-refractivity contribution in [1.29, 1.82) is 0 Å². The quantitative estimate of drug-likeness (QED) is 0.784. The van der Waals surface area contributed by atoms with Crippen LogP contribution in [0.15, 0.2) is 54.6 Å². The summed E-state index contributed by atoms with van der Waals surface area (Å²) in [6.45, 7) is 2.42. The minimum Gasteiger partial charge on any atom is -0.484 e. The number of benzene rings is 2. The fourth-order valence-corrected chi connectivity index (χ4v) is 2.16. The molecule has 0 heterocycles. The number of amides is 2. The molecule has 0 unspecified atom stereocenters. The summed E-state index contributed by atoms with van der Waals surface area (Å²) >= 11 is 0. The van der Waals surface area contributed by atoms with Gasteiger partial charge in [0.1, 0.15) is 5.75 Å². The number of nitrogens with one attached hydrogen (secondary N) is 2. The Labute approximate surface area is 142 Å². The van der Waals surface area contributed by atoms with Crippen molar-refractivity contribution in [3.8, 4) is 5.75 Å². The molecule has 2 aromatic rings. The van der Waals surface area contributed by atoms with E-state index in [0.29, 0.717) is 30.8 Å². The fraction of sp³-hybridized carbons (Fsp3) is 0.263. The van der Waals surface area contributed by atoms with Gasteiger partial charge in [-0.2, -0.15) is 0 Å². The zero-order valence-corrected chi connectivity index (χ0v) is 13.7. The lowest BCUT2D eigenvalue weighted by molar-refractivity contribution is -0.123. The van der Waals surface area contributed by atoms with Gasteiger partial charge in [0.05, 0.1) is 0 Å². The number of carbonyl (C=O) groups excluding carboxylic acids is 2. The Morgan fingerprint density at radius 3 is 2.33 bits per heavy atom. The third kappa shape index (κ3) is 6.12. The van der Waals surface area contributed by atoms with Crippen molar-refractivity contribution in [2.45, 2.75) is 19.8 Å². The van der Waals surface area contributed by atoms with Crippen LogP contribution in [0.1, 0.15) is 18.9 Å². The van der Waals surface area contributed by atoms with Crippen molar-refractivity contribution in [1.82, 2.24) is 5.32 Å². The van der Waals surface area contributed by atoms with Gasteiger partial charge in [-0.3, -0.25) is 9.59 Å². The van der Waals surface area contributed by atoms with E-state index in [2.05, 4.69) is 10.6 Å². The van der Waals surface area contributed by atoms with Crippen LogP contribution in [-0.2, 0) is 16.0 Å². The third-order valence-corrected chi connectivity index (χ3v) is 3.37. The van der Waals surface area contributed by atoms with Crippen LogP contribution in [0.2, 0.25) is 0 Å². The molecule has 2 aromatic carbocycles. The van der Waals surface area contributed by atoms with E-state index in [4.69, 9.17) is 4.74 Å². The van der Waals surface area contributed by atoms with Gasteiger partial charge in [-0.25, -0.2) is 0 Å². The predicted molar refractivity (Wildman–Crippen MR) is 94.0 cm³/mol. The number of aryl methyl sites for hydroxylation is 1. The maximum absolute atomic E-state index is 12.0. The van der Waals surface area contributed by atoms with Crippen molar-refractivity contribution in [3.05, 3.63) is 60.2 Å². The third-order valence-electron chi connectivity index (χ3n) is 3.37. The highest BCUT2D eigenvalue weighted by Gasteiger charge is 2.04. The number of likely N-dealkylation sites (N-methyl/N-ethyl adjacent to an activating group) is 1. The van der Waals surface area contributed by atoms with Gasteiger partial charge >= 0.3 is 0 Å². The maximum atomic E-state index is 12.0. The van der Waals surface area contributed by atoms with Crippen molar-refractivity contribution in [2.24, 2.45) is 0 Å². The molecule has 5 heteroatoms. The highest BCUT2D eigenvalue weighted by Crippen LogP contribution is 2.16. The number of rotatable bonds is 8. The summed E-state index contributed by atoms with van der Waals surface area (Å²) in [7, 11) is 0. The fourth-order valence-electron chi connectivity index (χ4n) is 2.16. The summed E-state index contributed by atoms with van der Waals surface area (Å²) in [5.41, 5.74) is 1.85. The Hall–Kier alpha value is -2.82. The topological polar surface area (TPSA) is 67.4 Å². The molecule has 0 aliphatic carbocycles. The van der Waals surface area contributed by atoms with Gasteiger partial charge in [0, 0.05) is 18.7 Å². The van der Waals surface area contributed by atoms with Crippen LogP contribution in [0.25, 0.3) is 0 Å². The standard InChI is InChI=1S/C19H22N2O3/c1-2-20-19(23)14-24-17-11-9-16(10-12-17)21-18(22)13-8-15-6-4-3-5-7-15/h3-7,9-12H,2,8,13-14H2,1H3,(H,20,23)(H,21,22). The second kappa shape index (κ2) is 9.35. The zero-order chi connectivity index (χ0) is 17.2. The van der Waals surface area contributed by atoms with Crippen LogP contribution in [0.3, 0.4) is 0 Å². The minimum atomic E-state index is -0.157. The molecule has 0 fully saturated rings. The Kier molecular flexibility index (Phi) is 6.83. The molecule has 0 aliphatic rings. The Morgan fingerprint density at radius 1 is 0.958 bits per heavy atom. The molecular formula is C19H22N2O3. The number of hydrogen-bond acceptors (Lipinski definition) is 3. The molecule has 2 N–H and O–H groups in total. The molecule has 0 saturated carbocycles. The van der Waals surface area contributed by atoms with Crippen molar-refractivity contribution >= 4 is 17.5 Å². The number of ether oxygens (including phenoxy) is 1.